The molecule has 2 aromatic heterocycles. The van der Waals surface area contributed by atoms with Gasteiger partial charge in [0.1, 0.15) is 17.0 Å². The number of aromatic nitrogens is 2. The third-order valence-corrected chi connectivity index (χ3v) is 5.50. The molecule has 0 radical (unpaired) electrons. The van der Waals surface area contributed by atoms with Crippen LogP contribution in [-0.2, 0) is 13.1 Å². The van der Waals surface area contributed by atoms with Crippen molar-refractivity contribution in [2.45, 2.75) is 13.1 Å². The molecule has 31 heavy (non-hydrogen) atoms. The number of rotatable bonds is 7. The summed E-state index contributed by atoms with van der Waals surface area (Å²) in [5.41, 5.74) is 3.77. The van der Waals surface area contributed by atoms with E-state index in [-0.39, 0.29) is 0 Å². The minimum Gasteiger partial charge on any atom is -0.497 e. The van der Waals surface area contributed by atoms with Crippen molar-refractivity contribution >= 4 is 17.3 Å². The Kier molecular flexibility index (Phi) is 6.59. The summed E-state index contributed by atoms with van der Waals surface area (Å²) in [5, 5.41) is 9.55. The Labute approximate surface area is 184 Å². The Morgan fingerprint density at radius 1 is 0.968 bits per heavy atom. The van der Waals surface area contributed by atoms with Gasteiger partial charge in [-0.3, -0.25) is 4.99 Å². The molecule has 0 atom stereocenters. The highest BCUT2D eigenvalue weighted by Crippen LogP contribution is 2.25. The maximum Gasteiger partial charge on any atom is 0.226 e. The molecule has 4 aromatic rings. The van der Waals surface area contributed by atoms with Crippen molar-refractivity contribution in [1.29, 1.82) is 0 Å². The van der Waals surface area contributed by atoms with Crippen LogP contribution in [-0.4, -0.2) is 30.1 Å². The highest BCUT2D eigenvalue weighted by atomic mass is 32.1. The summed E-state index contributed by atoms with van der Waals surface area (Å²) < 4.78 is 10.8. The summed E-state index contributed by atoms with van der Waals surface area (Å²) >= 11 is 1.61. The van der Waals surface area contributed by atoms with Crippen LogP contribution in [0, 0.1) is 0 Å². The molecule has 2 heterocycles. The number of methoxy groups -OCH3 is 1. The fraction of sp³-hybridized carbons (Fsp3) is 0.174. The normalized spacial score (nSPS) is 11.4. The number of hydrogen-bond donors (Lipinski definition) is 2. The third-order valence-electron chi connectivity index (χ3n) is 4.56. The maximum atomic E-state index is 5.58. The third kappa shape index (κ3) is 5.29. The molecule has 0 aliphatic heterocycles. The van der Waals surface area contributed by atoms with Crippen molar-refractivity contribution in [2.24, 2.45) is 4.99 Å². The van der Waals surface area contributed by atoms with Crippen molar-refractivity contribution in [3.05, 3.63) is 77.6 Å². The quantitative estimate of drug-likeness (QED) is 0.333. The fourth-order valence-electron chi connectivity index (χ4n) is 2.93. The predicted octanol–water partition coefficient (Wildman–Crippen LogP) is 4.34. The summed E-state index contributed by atoms with van der Waals surface area (Å²) in [5.74, 6) is 2.11. The second kappa shape index (κ2) is 9.90. The van der Waals surface area contributed by atoms with Crippen molar-refractivity contribution in [3.63, 3.8) is 0 Å². The number of nitrogens with zero attached hydrogens (tertiary/aromatic N) is 3. The Hall–Kier alpha value is -3.65. The van der Waals surface area contributed by atoms with Crippen molar-refractivity contribution in [1.82, 2.24) is 20.6 Å². The van der Waals surface area contributed by atoms with Gasteiger partial charge in [0.15, 0.2) is 5.96 Å². The van der Waals surface area contributed by atoms with Gasteiger partial charge in [0.25, 0.3) is 0 Å². The van der Waals surface area contributed by atoms with E-state index in [4.69, 9.17) is 14.1 Å². The van der Waals surface area contributed by atoms with Crippen LogP contribution in [0.25, 0.3) is 22.0 Å². The van der Waals surface area contributed by atoms with Gasteiger partial charge in [-0.15, -0.1) is 11.3 Å². The molecular weight excluding hydrogens is 410 g/mol. The van der Waals surface area contributed by atoms with Crippen molar-refractivity contribution in [3.8, 4) is 27.8 Å². The van der Waals surface area contributed by atoms with Gasteiger partial charge >= 0.3 is 0 Å². The minimum atomic E-state index is 0.504. The first kappa shape index (κ1) is 20.6. The summed E-state index contributed by atoms with van der Waals surface area (Å²) in [4.78, 5) is 13.5. The van der Waals surface area contributed by atoms with Crippen LogP contribution in [0.1, 0.15) is 11.4 Å². The molecule has 158 valence electrons. The van der Waals surface area contributed by atoms with E-state index in [1.54, 1.807) is 31.8 Å². The van der Waals surface area contributed by atoms with Crippen LogP contribution in [0.2, 0.25) is 0 Å². The molecular formula is C23H23N5O2S. The van der Waals surface area contributed by atoms with Gasteiger partial charge in [0.05, 0.1) is 31.6 Å². The predicted molar refractivity (Wildman–Crippen MR) is 123 cm³/mol. The van der Waals surface area contributed by atoms with Gasteiger partial charge in [-0.1, -0.05) is 18.2 Å². The zero-order valence-corrected chi connectivity index (χ0v) is 18.1. The highest BCUT2D eigenvalue weighted by Gasteiger charge is 2.08. The van der Waals surface area contributed by atoms with Gasteiger partial charge in [-0.25, -0.2) is 9.97 Å². The standard InChI is InChI=1S/C23H23N5O2S/c1-24-23(25-12-18-14-30-21(27-18)16-6-4-3-5-7-16)26-13-19-15-31-22(28-19)17-8-10-20(29-2)11-9-17/h3-11,14-15H,12-13H2,1-2H3,(H2,24,25,26). The zero-order valence-electron chi connectivity index (χ0n) is 17.3. The van der Waals surface area contributed by atoms with E-state index >= 15 is 0 Å². The number of benzene rings is 2. The average Bonchev–Trinajstić information content (AvgIpc) is 3.50. The largest absolute Gasteiger partial charge is 0.497 e. The number of nitrogens with one attached hydrogen (secondary N) is 2. The van der Waals surface area contributed by atoms with E-state index in [1.165, 1.54) is 0 Å². The molecule has 0 fully saturated rings. The van der Waals surface area contributed by atoms with E-state index in [2.05, 4.69) is 20.6 Å². The molecule has 7 nitrogen and oxygen atoms in total. The lowest BCUT2D eigenvalue weighted by Crippen LogP contribution is -2.36. The summed E-state index contributed by atoms with van der Waals surface area (Å²) in [6.45, 7) is 1.07. The van der Waals surface area contributed by atoms with Crippen molar-refractivity contribution < 1.29 is 9.15 Å². The molecule has 4 rings (SSSR count). The van der Waals surface area contributed by atoms with Crippen LogP contribution in [0.15, 0.2) is 75.7 Å². The van der Waals surface area contributed by atoms with Crippen LogP contribution < -0.4 is 15.4 Å². The lowest BCUT2D eigenvalue weighted by molar-refractivity contribution is 0.415. The van der Waals surface area contributed by atoms with Gasteiger partial charge < -0.3 is 19.8 Å². The average molecular weight is 434 g/mol. The lowest BCUT2D eigenvalue weighted by Gasteiger charge is -2.09. The molecule has 0 unspecified atom stereocenters. The summed E-state index contributed by atoms with van der Waals surface area (Å²) in [6.07, 6.45) is 1.66. The second-order valence-electron chi connectivity index (χ2n) is 6.66. The van der Waals surface area contributed by atoms with E-state index < -0.39 is 0 Å². The topological polar surface area (TPSA) is 84.6 Å². The van der Waals surface area contributed by atoms with Crippen LogP contribution >= 0.6 is 11.3 Å². The Morgan fingerprint density at radius 2 is 1.71 bits per heavy atom. The smallest absolute Gasteiger partial charge is 0.226 e. The van der Waals surface area contributed by atoms with Gasteiger partial charge in [-0.05, 0) is 36.4 Å². The fourth-order valence-corrected chi connectivity index (χ4v) is 3.75. The van der Waals surface area contributed by atoms with Crippen LogP contribution in [0.5, 0.6) is 5.75 Å². The monoisotopic (exact) mass is 433 g/mol. The number of guanidine groups is 1. The number of aliphatic imine (C=N–C) groups is 1. The van der Waals surface area contributed by atoms with E-state index in [9.17, 15) is 0 Å². The van der Waals surface area contributed by atoms with E-state index in [0.717, 1.165) is 33.3 Å². The second-order valence-corrected chi connectivity index (χ2v) is 7.52. The first-order chi connectivity index (χ1) is 15.2. The van der Waals surface area contributed by atoms with Crippen molar-refractivity contribution in [2.75, 3.05) is 14.2 Å². The number of thiazole rings is 1. The molecule has 0 amide bonds. The SMILES string of the molecule is CN=C(NCc1coc(-c2ccccc2)n1)NCc1csc(-c2ccc(OC)cc2)n1. The molecule has 0 saturated heterocycles. The van der Waals surface area contributed by atoms with Crippen LogP contribution in [0.4, 0.5) is 0 Å². The first-order valence-electron chi connectivity index (χ1n) is 9.78. The van der Waals surface area contributed by atoms with E-state index in [0.29, 0.717) is 24.9 Å². The molecule has 0 bridgehead atoms. The maximum absolute atomic E-state index is 5.58. The summed E-state index contributed by atoms with van der Waals surface area (Å²) in [7, 11) is 3.39. The number of ether oxygens (including phenoxy) is 1. The van der Waals surface area contributed by atoms with Gasteiger partial charge in [0.2, 0.25) is 5.89 Å². The Morgan fingerprint density at radius 3 is 2.42 bits per heavy atom. The minimum absolute atomic E-state index is 0.504. The van der Waals surface area contributed by atoms with Gasteiger partial charge in [0, 0.05) is 23.6 Å². The van der Waals surface area contributed by atoms with Crippen LogP contribution in [0.3, 0.4) is 0 Å². The Balaban J connectivity index is 1.30. The lowest BCUT2D eigenvalue weighted by atomic mass is 10.2. The van der Waals surface area contributed by atoms with E-state index in [1.807, 2.05) is 60.0 Å². The molecule has 0 spiro atoms. The number of hydrogen-bond acceptors (Lipinski definition) is 6. The summed E-state index contributed by atoms with van der Waals surface area (Å²) in [6, 6.07) is 17.7. The molecule has 0 saturated carbocycles. The Bertz CT molecular complexity index is 1140. The molecule has 2 aromatic carbocycles. The molecule has 2 N–H and O–H groups in total. The first-order valence-corrected chi connectivity index (χ1v) is 10.7. The number of oxazole rings is 1. The van der Waals surface area contributed by atoms with Gasteiger partial charge in [-0.2, -0.15) is 0 Å². The molecule has 0 aliphatic rings. The molecule has 0 aliphatic carbocycles. The highest BCUT2D eigenvalue weighted by molar-refractivity contribution is 7.13. The zero-order chi connectivity index (χ0) is 21.5. The molecule has 8 heteroatoms.